The number of hydrogen-bond acceptors (Lipinski definition) is 1. The first kappa shape index (κ1) is 14.9. The highest BCUT2D eigenvalue weighted by Crippen LogP contribution is 2.31. The summed E-state index contributed by atoms with van der Waals surface area (Å²) in [5.41, 5.74) is 3.31. The third-order valence-electron chi connectivity index (χ3n) is 3.34. The van der Waals surface area contributed by atoms with Crippen LogP contribution in [0.1, 0.15) is 45.7 Å². The normalized spacial score (nSPS) is 12.3. The Hall–Kier alpha value is -1.18. The van der Waals surface area contributed by atoms with Gasteiger partial charge in [-0.15, -0.1) is 0 Å². The van der Waals surface area contributed by atoms with Gasteiger partial charge in [-0.1, -0.05) is 53.3 Å². The molecule has 0 spiro atoms. The van der Waals surface area contributed by atoms with Gasteiger partial charge in [0, 0.05) is 12.7 Å². The van der Waals surface area contributed by atoms with E-state index in [0.717, 1.165) is 11.3 Å². The van der Waals surface area contributed by atoms with Gasteiger partial charge < -0.3 is 4.90 Å². The lowest BCUT2D eigenvalue weighted by molar-refractivity contribution is 0.589. The zero-order valence-electron chi connectivity index (χ0n) is 12.5. The van der Waals surface area contributed by atoms with Gasteiger partial charge in [0.25, 0.3) is 0 Å². The fourth-order valence-corrected chi connectivity index (χ4v) is 1.80. The lowest BCUT2D eigenvalue weighted by Crippen LogP contribution is -2.42. The minimum Gasteiger partial charge on any atom is -0.378 e. The van der Waals surface area contributed by atoms with Crippen molar-refractivity contribution in [1.82, 2.24) is 0 Å². The van der Waals surface area contributed by atoms with Gasteiger partial charge in [0.1, 0.15) is 7.85 Å². The zero-order chi connectivity index (χ0) is 14.1. The quantitative estimate of drug-likeness (QED) is 0.724. The Kier molecular flexibility index (Phi) is 4.00. The average molecular weight is 241 g/mol. The Morgan fingerprint density at radius 2 is 1.72 bits per heavy atom. The molecule has 0 aliphatic heterocycles. The Bertz CT molecular complexity index is 435. The van der Waals surface area contributed by atoms with Crippen molar-refractivity contribution in [3.63, 3.8) is 0 Å². The van der Waals surface area contributed by atoms with E-state index in [1.54, 1.807) is 0 Å². The Labute approximate surface area is 113 Å². The second kappa shape index (κ2) is 4.83. The van der Waals surface area contributed by atoms with E-state index in [1.165, 1.54) is 5.56 Å². The molecule has 1 aromatic carbocycles. The first-order chi connectivity index (χ1) is 8.07. The molecule has 0 fully saturated rings. The fourth-order valence-electron chi connectivity index (χ4n) is 1.80. The molecule has 0 aliphatic rings. The van der Waals surface area contributed by atoms with Crippen molar-refractivity contribution < 1.29 is 0 Å². The van der Waals surface area contributed by atoms with Crippen molar-refractivity contribution in [1.29, 1.82) is 0 Å². The summed E-state index contributed by atoms with van der Waals surface area (Å²) in [7, 11) is 8.16. The van der Waals surface area contributed by atoms with Crippen LogP contribution in [0.5, 0.6) is 0 Å². The molecule has 0 bridgehead atoms. The minimum atomic E-state index is -0.388. The van der Waals surface area contributed by atoms with Gasteiger partial charge in [-0.05, 0) is 34.1 Å². The van der Waals surface area contributed by atoms with E-state index in [9.17, 15) is 0 Å². The summed E-state index contributed by atoms with van der Waals surface area (Å²) < 4.78 is 0. The molecule has 1 aromatic rings. The van der Waals surface area contributed by atoms with E-state index in [0.29, 0.717) is 0 Å². The molecule has 0 heterocycles. The number of rotatable bonds is 3. The largest absolute Gasteiger partial charge is 0.378 e. The molecule has 0 saturated heterocycles. The van der Waals surface area contributed by atoms with E-state index in [2.05, 4.69) is 50.4 Å². The van der Waals surface area contributed by atoms with Crippen LogP contribution in [-0.4, -0.2) is 20.3 Å². The summed E-state index contributed by atoms with van der Waals surface area (Å²) in [5, 5.41) is 0. The van der Waals surface area contributed by atoms with Crippen LogP contribution in [0.15, 0.2) is 24.8 Å². The molecule has 96 valence electrons. The van der Waals surface area contributed by atoms with E-state index in [-0.39, 0.29) is 10.9 Å². The van der Waals surface area contributed by atoms with Crippen LogP contribution in [0.4, 0.5) is 5.69 Å². The van der Waals surface area contributed by atoms with Gasteiger partial charge in [-0.25, -0.2) is 0 Å². The fraction of sp³-hybridized carbons (Fsp3) is 0.500. The highest BCUT2D eigenvalue weighted by atomic mass is 15.1. The Morgan fingerprint density at radius 3 is 2.11 bits per heavy atom. The van der Waals surface area contributed by atoms with Gasteiger partial charge in [-0.2, -0.15) is 0 Å². The first-order valence-corrected chi connectivity index (χ1v) is 6.37. The third-order valence-corrected chi connectivity index (χ3v) is 3.34. The van der Waals surface area contributed by atoms with Gasteiger partial charge in [0.15, 0.2) is 0 Å². The summed E-state index contributed by atoms with van der Waals surface area (Å²) in [5.74, 6) is 0. The molecule has 18 heavy (non-hydrogen) atoms. The summed E-state index contributed by atoms with van der Waals surface area (Å²) in [6.45, 7) is 14.5. The summed E-state index contributed by atoms with van der Waals surface area (Å²) in [6, 6.07) is 6.50. The van der Waals surface area contributed by atoms with Gasteiger partial charge in [0.2, 0.25) is 0 Å². The van der Waals surface area contributed by atoms with Gasteiger partial charge in [-0.3, -0.25) is 0 Å². The number of nitrogens with zero attached hydrogens (tertiary/aromatic N) is 1. The molecule has 0 unspecified atom stereocenters. The summed E-state index contributed by atoms with van der Waals surface area (Å²) in [4.78, 5) is 2.08. The standard InChI is InChI=1S/C16H24BN/c1-8-12-11-13(15(2,3)4)9-10-14(12)18(7)16(5,6)17/h8-11H,1H2,2-7H3. The molecule has 0 N–H and O–H groups in total. The van der Waals surface area contributed by atoms with Crippen molar-refractivity contribution in [2.24, 2.45) is 0 Å². The maximum atomic E-state index is 6.15. The maximum Gasteiger partial charge on any atom is 0.103 e. The Balaban J connectivity index is 3.29. The minimum absolute atomic E-state index is 0.146. The van der Waals surface area contributed by atoms with Crippen LogP contribution >= 0.6 is 0 Å². The van der Waals surface area contributed by atoms with E-state index in [4.69, 9.17) is 7.85 Å². The van der Waals surface area contributed by atoms with E-state index >= 15 is 0 Å². The highest BCUT2D eigenvalue weighted by Gasteiger charge is 2.20. The van der Waals surface area contributed by atoms with Crippen LogP contribution in [-0.2, 0) is 5.41 Å². The molecule has 2 heteroatoms. The molecule has 0 saturated carbocycles. The second-order valence-corrected chi connectivity index (χ2v) is 6.44. The van der Waals surface area contributed by atoms with Gasteiger partial charge in [0.05, 0.1) is 0 Å². The molecule has 1 rings (SSSR count). The highest BCUT2D eigenvalue weighted by molar-refractivity contribution is 6.16. The predicted octanol–water partition coefficient (Wildman–Crippen LogP) is 3.97. The predicted molar refractivity (Wildman–Crippen MR) is 83.5 cm³/mol. The van der Waals surface area contributed by atoms with Crippen LogP contribution in [0.2, 0.25) is 0 Å². The molecule has 0 amide bonds. The van der Waals surface area contributed by atoms with Crippen LogP contribution in [0, 0.1) is 0 Å². The number of anilines is 1. The van der Waals surface area contributed by atoms with Crippen LogP contribution < -0.4 is 4.90 Å². The van der Waals surface area contributed by atoms with Crippen molar-refractivity contribution >= 4 is 19.6 Å². The van der Waals surface area contributed by atoms with Crippen molar-refractivity contribution in [2.75, 3.05) is 11.9 Å². The topological polar surface area (TPSA) is 3.24 Å². The lowest BCUT2D eigenvalue weighted by Gasteiger charge is -2.36. The van der Waals surface area contributed by atoms with Gasteiger partial charge >= 0.3 is 0 Å². The molecular formula is C16H24BN. The lowest BCUT2D eigenvalue weighted by atomic mass is 9.79. The second-order valence-electron chi connectivity index (χ2n) is 6.44. The monoisotopic (exact) mass is 241 g/mol. The maximum absolute atomic E-state index is 6.15. The molecule has 0 aliphatic carbocycles. The Morgan fingerprint density at radius 1 is 1.17 bits per heavy atom. The van der Waals surface area contributed by atoms with E-state index in [1.807, 2.05) is 27.0 Å². The van der Waals surface area contributed by atoms with E-state index < -0.39 is 0 Å². The molecule has 2 radical (unpaired) electrons. The smallest absolute Gasteiger partial charge is 0.103 e. The number of hydrogen-bond donors (Lipinski definition) is 0. The summed E-state index contributed by atoms with van der Waals surface area (Å²) >= 11 is 0. The van der Waals surface area contributed by atoms with Crippen molar-refractivity contribution in [3.8, 4) is 0 Å². The summed E-state index contributed by atoms with van der Waals surface area (Å²) in [6.07, 6.45) is 1.90. The van der Waals surface area contributed by atoms with Crippen LogP contribution in [0.25, 0.3) is 6.08 Å². The molecule has 1 nitrogen and oxygen atoms in total. The molecule has 0 atom stereocenters. The molecule has 0 aromatic heterocycles. The zero-order valence-corrected chi connectivity index (χ0v) is 12.5. The van der Waals surface area contributed by atoms with Crippen LogP contribution in [0.3, 0.4) is 0 Å². The van der Waals surface area contributed by atoms with Crippen molar-refractivity contribution in [2.45, 2.75) is 45.5 Å². The van der Waals surface area contributed by atoms with Crippen molar-refractivity contribution in [3.05, 3.63) is 35.9 Å². The average Bonchev–Trinajstić information content (AvgIpc) is 2.24. The molecular weight excluding hydrogens is 217 g/mol. The first-order valence-electron chi connectivity index (χ1n) is 6.37. The number of benzene rings is 1. The SMILES string of the molecule is [B]C(C)(C)N(C)c1ccc(C(C)(C)C)cc1C=C. The third kappa shape index (κ3) is 3.19.